The van der Waals surface area contributed by atoms with Crippen LogP contribution in [0.3, 0.4) is 0 Å². The minimum Gasteiger partial charge on any atom is -0.478 e. The molecule has 21 heavy (non-hydrogen) atoms. The Morgan fingerprint density at radius 1 is 1.29 bits per heavy atom. The molecule has 6 heteroatoms. The summed E-state index contributed by atoms with van der Waals surface area (Å²) in [6.07, 6.45) is 0. The molecule has 0 radical (unpaired) electrons. The summed E-state index contributed by atoms with van der Waals surface area (Å²) in [7, 11) is 1.64. The summed E-state index contributed by atoms with van der Waals surface area (Å²) < 4.78 is 6.74. The van der Waals surface area contributed by atoms with Crippen LogP contribution < -0.4 is 0 Å². The fourth-order valence-corrected chi connectivity index (χ4v) is 2.25. The van der Waals surface area contributed by atoms with Gasteiger partial charge in [-0.3, -0.25) is 0 Å². The Labute approximate surface area is 120 Å². The van der Waals surface area contributed by atoms with Crippen molar-refractivity contribution in [3.05, 3.63) is 53.6 Å². The van der Waals surface area contributed by atoms with Gasteiger partial charge < -0.3 is 9.84 Å². The quantitative estimate of drug-likeness (QED) is 0.794. The van der Waals surface area contributed by atoms with Crippen LogP contribution in [0.25, 0.3) is 16.7 Å². The molecule has 0 amide bonds. The van der Waals surface area contributed by atoms with Gasteiger partial charge in [-0.15, -0.1) is 5.10 Å². The molecule has 106 valence electrons. The summed E-state index contributed by atoms with van der Waals surface area (Å²) in [5.41, 5.74) is 3.00. The number of benzene rings is 2. The number of carboxylic acids is 1. The maximum Gasteiger partial charge on any atom is 0.338 e. The standard InChI is InChI=1S/C15H13N3O3/c1-21-9-10-4-2-5-11(8-10)18-13-7-3-6-12(15(19)20)14(13)16-17-18/h2-8H,9H2,1H3,(H,19,20). The van der Waals surface area contributed by atoms with Gasteiger partial charge in [0.15, 0.2) is 0 Å². The van der Waals surface area contributed by atoms with Gasteiger partial charge >= 0.3 is 5.97 Å². The highest BCUT2D eigenvalue weighted by Gasteiger charge is 2.14. The first-order valence-electron chi connectivity index (χ1n) is 6.36. The smallest absolute Gasteiger partial charge is 0.338 e. The molecule has 0 atom stereocenters. The first-order chi connectivity index (χ1) is 10.2. The van der Waals surface area contributed by atoms with Crippen molar-refractivity contribution in [1.29, 1.82) is 0 Å². The Balaban J connectivity index is 2.15. The highest BCUT2D eigenvalue weighted by atomic mass is 16.5. The maximum atomic E-state index is 11.2. The number of carboxylic acid groups (broad SMARTS) is 1. The molecular formula is C15H13N3O3. The van der Waals surface area contributed by atoms with Crippen molar-refractivity contribution in [2.45, 2.75) is 6.61 Å². The zero-order valence-corrected chi connectivity index (χ0v) is 11.4. The third-order valence-corrected chi connectivity index (χ3v) is 3.17. The van der Waals surface area contributed by atoms with Gasteiger partial charge in [0.2, 0.25) is 0 Å². The number of aromatic carboxylic acids is 1. The van der Waals surface area contributed by atoms with Crippen molar-refractivity contribution in [2.24, 2.45) is 0 Å². The van der Waals surface area contributed by atoms with Gasteiger partial charge in [-0.1, -0.05) is 23.4 Å². The number of nitrogens with zero attached hydrogens (tertiary/aromatic N) is 3. The van der Waals surface area contributed by atoms with Gasteiger partial charge in [0, 0.05) is 7.11 Å². The highest BCUT2D eigenvalue weighted by molar-refractivity contribution is 6.00. The predicted octanol–water partition coefficient (Wildman–Crippen LogP) is 2.27. The molecule has 1 N–H and O–H groups in total. The van der Waals surface area contributed by atoms with Crippen molar-refractivity contribution in [3.63, 3.8) is 0 Å². The van der Waals surface area contributed by atoms with Crippen molar-refractivity contribution in [1.82, 2.24) is 15.0 Å². The van der Waals surface area contributed by atoms with Gasteiger partial charge in [0.25, 0.3) is 0 Å². The lowest BCUT2D eigenvalue weighted by molar-refractivity contribution is 0.0699. The van der Waals surface area contributed by atoms with Gasteiger partial charge in [0.05, 0.1) is 23.4 Å². The average molecular weight is 283 g/mol. The molecule has 2 aromatic carbocycles. The fourth-order valence-electron chi connectivity index (χ4n) is 2.25. The summed E-state index contributed by atoms with van der Waals surface area (Å²) in [6, 6.07) is 12.7. The summed E-state index contributed by atoms with van der Waals surface area (Å²) in [4.78, 5) is 11.2. The SMILES string of the molecule is COCc1cccc(-n2nnc3c(C(=O)O)cccc32)c1. The Bertz CT molecular complexity index is 811. The Hall–Kier alpha value is -2.73. The van der Waals surface area contributed by atoms with E-state index >= 15 is 0 Å². The van der Waals surface area contributed by atoms with E-state index in [-0.39, 0.29) is 5.56 Å². The number of methoxy groups -OCH3 is 1. The molecule has 0 unspecified atom stereocenters. The zero-order chi connectivity index (χ0) is 14.8. The molecule has 0 fully saturated rings. The van der Waals surface area contributed by atoms with Gasteiger partial charge in [-0.05, 0) is 29.8 Å². The predicted molar refractivity (Wildman–Crippen MR) is 76.5 cm³/mol. The number of carbonyl (C=O) groups is 1. The molecule has 0 aliphatic rings. The third-order valence-electron chi connectivity index (χ3n) is 3.17. The Kier molecular flexibility index (Phi) is 3.37. The van der Waals surface area contributed by atoms with Gasteiger partial charge in [-0.25, -0.2) is 9.48 Å². The van der Waals surface area contributed by atoms with Crippen molar-refractivity contribution < 1.29 is 14.6 Å². The largest absolute Gasteiger partial charge is 0.478 e. The van der Waals surface area contributed by atoms with Crippen LogP contribution in [-0.4, -0.2) is 33.2 Å². The molecule has 0 aliphatic heterocycles. The normalized spacial score (nSPS) is 10.9. The topological polar surface area (TPSA) is 77.2 Å². The second-order valence-corrected chi connectivity index (χ2v) is 4.58. The van der Waals surface area contributed by atoms with Gasteiger partial charge in [-0.2, -0.15) is 0 Å². The second-order valence-electron chi connectivity index (χ2n) is 4.58. The zero-order valence-electron chi connectivity index (χ0n) is 11.4. The van der Waals surface area contributed by atoms with E-state index < -0.39 is 5.97 Å². The van der Waals surface area contributed by atoms with E-state index in [9.17, 15) is 9.90 Å². The first-order valence-corrected chi connectivity index (χ1v) is 6.36. The van der Waals surface area contributed by atoms with Crippen LogP contribution in [0.15, 0.2) is 42.5 Å². The molecule has 1 heterocycles. The highest BCUT2D eigenvalue weighted by Crippen LogP contribution is 2.20. The Morgan fingerprint density at radius 3 is 2.86 bits per heavy atom. The maximum absolute atomic E-state index is 11.2. The van der Waals surface area contributed by atoms with Crippen LogP contribution in [0.5, 0.6) is 0 Å². The molecule has 6 nitrogen and oxygen atoms in total. The van der Waals surface area contributed by atoms with E-state index in [4.69, 9.17) is 4.74 Å². The van der Waals surface area contributed by atoms with E-state index in [1.54, 1.807) is 23.9 Å². The molecule has 3 aromatic rings. The summed E-state index contributed by atoms with van der Waals surface area (Å²) in [5, 5.41) is 17.2. The van der Waals surface area contributed by atoms with Crippen LogP contribution in [0.2, 0.25) is 0 Å². The van der Waals surface area contributed by atoms with Crippen LogP contribution >= 0.6 is 0 Å². The monoisotopic (exact) mass is 283 g/mol. The van der Waals surface area contributed by atoms with Crippen molar-refractivity contribution in [2.75, 3.05) is 7.11 Å². The van der Waals surface area contributed by atoms with E-state index in [0.717, 1.165) is 11.3 Å². The lowest BCUT2D eigenvalue weighted by Gasteiger charge is -2.05. The third kappa shape index (κ3) is 2.36. The van der Waals surface area contributed by atoms with Crippen LogP contribution in [-0.2, 0) is 11.3 Å². The van der Waals surface area contributed by atoms with Crippen molar-refractivity contribution in [3.8, 4) is 5.69 Å². The van der Waals surface area contributed by atoms with E-state index in [1.165, 1.54) is 6.07 Å². The Morgan fingerprint density at radius 2 is 2.10 bits per heavy atom. The fraction of sp³-hybridized carbons (Fsp3) is 0.133. The van der Waals surface area contributed by atoms with Crippen molar-refractivity contribution >= 4 is 17.0 Å². The van der Waals surface area contributed by atoms with Crippen LogP contribution in [0.4, 0.5) is 0 Å². The minimum atomic E-state index is -1.01. The molecule has 0 bridgehead atoms. The molecule has 0 spiro atoms. The van der Waals surface area contributed by atoms with Gasteiger partial charge in [0.1, 0.15) is 5.52 Å². The average Bonchev–Trinajstić information content (AvgIpc) is 2.91. The lowest BCUT2D eigenvalue weighted by atomic mass is 10.1. The number of rotatable bonds is 4. The van der Waals surface area contributed by atoms with E-state index in [0.29, 0.717) is 17.6 Å². The molecule has 0 saturated carbocycles. The molecule has 3 rings (SSSR count). The minimum absolute atomic E-state index is 0.145. The molecule has 0 aliphatic carbocycles. The first kappa shape index (κ1) is 13.3. The molecule has 1 aromatic heterocycles. The second kappa shape index (κ2) is 5.34. The molecular weight excluding hydrogens is 270 g/mol. The van der Waals surface area contributed by atoms with E-state index in [2.05, 4.69) is 10.3 Å². The summed E-state index contributed by atoms with van der Waals surface area (Å²) in [5.74, 6) is -1.01. The number of aromatic nitrogens is 3. The molecule has 0 saturated heterocycles. The summed E-state index contributed by atoms with van der Waals surface area (Å²) in [6.45, 7) is 0.501. The lowest BCUT2D eigenvalue weighted by Crippen LogP contribution is -1.99. The summed E-state index contributed by atoms with van der Waals surface area (Å²) >= 11 is 0. The number of fused-ring (bicyclic) bond motifs is 1. The van der Waals surface area contributed by atoms with E-state index in [1.807, 2.05) is 24.3 Å². The number of hydrogen-bond donors (Lipinski definition) is 1. The van der Waals surface area contributed by atoms with Crippen LogP contribution in [0, 0.1) is 0 Å². The number of ether oxygens (including phenoxy) is 1. The van der Waals surface area contributed by atoms with Crippen LogP contribution in [0.1, 0.15) is 15.9 Å². The number of hydrogen-bond acceptors (Lipinski definition) is 4.